The average molecular weight is 447 g/mol. The molecule has 1 aliphatic heterocycles. The van der Waals surface area contributed by atoms with Gasteiger partial charge < -0.3 is 16.9 Å². The van der Waals surface area contributed by atoms with Gasteiger partial charge in [0.1, 0.15) is 0 Å². The van der Waals surface area contributed by atoms with Crippen molar-refractivity contribution in [3.8, 4) is 0 Å². The van der Waals surface area contributed by atoms with Crippen LogP contribution in [0.2, 0.25) is 10.0 Å². The Morgan fingerprint density at radius 1 is 1.23 bits per heavy atom. The average Bonchev–Trinajstić information content (AvgIpc) is 2.54. The second kappa shape index (κ2) is 9.28. The van der Waals surface area contributed by atoms with Gasteiger partial charge in [-0.05, 0) is 31.7 Å². The first-order valence-corrected chi connectivity index (χ1v) is 10.6. The summed E-state index contributed by atoms with van der Waals surface area (Å²) in [5, 5.41) is 10.8. The maximum atomic E-state index is 12.4. The van der Waals surface area contributed by atoms with E-state index in [0.717, 1.165) is 37.2 Å². The molecule has 150 valence electrons. The van der Waals surface area contributed by atoms with Gasteiger partial charge in [-0.25, -0.2) is 8.42 Å². The summed E-state index contributed by atoms with van der Waals surface area (Å²) < 4.78 is 26.0. The SMILES string of the molecule is Cc1c(Cl)cc(N(O)S(=O)(=O)CCC[N+]2(C)CCN(C)CC2)cc1Cl.[Cl-]. The zero-order chi connectivity index (χ0) is 18.8. The summed E-state index contributed by atoms with van der Waals surface area (Å²) in [6.45, 7) is 6.51. The Balaban J connectivity index is 0.00000338. The predicted molar refractivity (Wildman–Crippen MR) is 102 cm³/mol. The molecule has 26 heavy (non-hydrogen) atoms. The van der Waals surface area contributed by atoms with E-state index in [4.69, 9.17) is 23.2 Å². The number of sulfonamides is 1. The molecular weight excluding hydrogens is 421 g/mol. The van der Waals surface area contributed by atoms with Gasteiger partial charge in [0.05, 0.1) is 38.1 Å². The largest absolute Gasteiger partial charge is 1.00 e. The van der Waals surface area contributed by atoms with Gasteiger partial charge >= 0.3 is 0 Å². The lowest BCUT2D eigenvalue weighted by Gasteiger charge is -2.41. The monoisotopic (exact) mass is 445 g/mol. The fraction of sp³-hybridized carbons (Fsp3) is 0.625. The van der Waals surface area contributed by atoms with Crippen LogP contribution in [0, 0.1) is 6.92 Å². The number of hydrogen-bond donors (Lipinski definition) is 1. The third-order valence-corrected chi connectivity index (χ3v) is 7.22. The van der Waals surface area contributed by atoms with Crippen molar-refractivity contribution in [2.45, 2.75) is 13.3 Å². The fourth-order valence-corrected chi connectivity index (χ4v) is 4.46. The first-order valence-electron chi connectivity index (χ1n) is 8.24. The van der Waals surface area contributed by atoms with Crippen LogP contribution >= 0.6 is 23.2 Å². The highest BCUT2D eigenvalue weighted by molar-refractivity contribution is 7.92. The van der Waals surface area contributed by atoms with Crippen molar-refractivity contribution in [3.63, 3.8) is 0 Å². The van der Waals surface area contributed by atoms with Crippen LogP contribution in [0.4, 0.5) is 5.69 Å². The summed E-state index contributed by atoms with van der Waals surface area (Å²) in [4.78, 5) is 2.27. The number of piperazine rings is 1. The molecule has 1 fully saturated rings. The number of likely N-dealkylation sites (N-methyl/N-ethyl adjacent to an activating group) is 2. The van der Waals surface area contributed by atoms with Gasteiger partial charge in [-0.2, -0.15) is 0 Å². The second-order valence-electron chi connectivity index (χ2n) is 7.04. The first-order chi connectivity index (χ1) is 11.5. The number of hydrogen-bond acceptors (Lipinski definition) is 4. The molecule has 0 unspecified atom stereocenters. The van der Waals surface area contributed by atoms with Gasteiger partial charge in [-0.3, -0.25) is 10.1 Å². The Morgan fingerprint density at radius 3 is 2.23 bits per heavy atom. The molecule has 6 nitrogen and oxygen atoms in total. The molecule has 0 spiro atoms. The molecule has 0 aliphatic carbocycles. The van der Waals surface area contributed by atoms with E-state index in [2.05, 4.69) is 19.0 Å². The lowest BCUT2D eigenvalue weighted by atomic mass is 10.2. The minimum absolute atomic E-state index is 0. The summed E-state index contributed by atoms with van der Waals surface area (Å²) in [6.07, 6.45) is 0.479. The van der Waals surface area contributed by atoms with E-state index in [0.29, 0.717) is 22.0 Å². The van der Waals surface area contributed by atoms with Gasteiger partial charge in [0, 0.05) is 29.6 Å². The van der Waals surface area contributed by atoms with Crippen molar-refractivity contribution in [2.24, 2.45) is 0 Å². The minimum atomic E-state index is -3.85. The zero-order valence-corrected chi connectivity index (χ0v) is 18.3. The van der Waals surface area contributed by atoms with E-state index >= 15 is 0 Å². The molecule has 0 radical (unpaired) electrons. The van der Waals surface area contributed by atoms with Crippen LogP contribution in [0.3, 0.4) is 0 Å². The van der Waals surface area contributed by atoms with E-state index in [1.807, 2.05) is 0 Å². The Labute approximate surface area is 172 Å². The molecule has 1 aromatic rings. The molecule has 10 heteroatoms. The Hall–Kier alpha value is -0.280. The van der Waals surface area contributed by atoms with Gasteiger partial charge in [0.15, 0.2) is 0 Å². The third-order valence-electron chi connectivity index (χ3n) is 4.89. The molecule has 0 amide bonds. The van der Waals surface area contributed by atoms with Crippen LogP contribution in [-0.4, -0.2) is 75.6 Å². The molecule has 1 saturated heterocycles. The van der Waals surface area contributed by atoms with Crippen molar-refractivity contribution in [2.75, 3.05) is 57.0 Å². The summed E-state index contributed by atoms with van der Waals surface area (Å²) in [7, 11) is 0.394. The standard InChI is InChI=1S/C16H26Cl2N3O3S.ClH/c1-13-15(17)11-14(12-16(13)18)20(22)25(23,24)10-4-7-21(3)8-5-19(2)6-9-21;/h11-12,22H,4-10H2,1-3H3;1H/q+1;/p-1. The molecule has 1 aliphatic rings. The molecule has 1 heterocycles. The Morgan fingerprint density at radius 2 is 1.73 bits per heavy atom. The molecule has 0 aromatic heterocycles. The van der Waals surface area contributed by atoms with E-state index in [9.17, 15) is 13.6 Å². The molecule has 2 rings (SSSR count). The topological polar surface area (TPSA) is 60.9 Å². The molecular formula is C16H26Cl3N3O3S. The van der Waals surface area contributed by atoms with E-state index < -0.39 is 10.0 Å². The summed E-state index contributed by atoms with van der Waals surface area (Å²) >= 11 is 12.1. The molecule has 0 atom stereocenters. The highest BCUT2D eigenvalue weighted by Crippen LogP contribution is 2.30. The smallest absolute Gasteiger partial charge is 0.257 e. The molecule has 1 N–H and O–H groups in total. The normalized spacial score (nSPS) is 17.6. The third kappa shape index (κ3) is 5.86. The highest BCUT2D eigenvalue weighted by atomic mass is 35.5. The Bertz CT molecular complexity index is 700. The minimum Gasteiger partial charge on any atom is -1.00 e. The molecule has 0 bridgehead atoms. The van der Waals surface area contributed by atoms with Crippen molar-refractivity contribution in [1.29, 1.82) is 0 Å². The lowest BCUT2D eigenvalue weighted by Crippen LogP contribution is -3.00. The summed E-state index contributed by atoms with van der Waals surface area (Å²) in [5.41, 5.74) is 0.700. The van der Waals surface area contributed by atoms with Crippen LogP contribution in [0.1, 0.15) is 12.0 Å². The first kappa shape index (κ1) is 23.8. The quantitative estimate of drug-likeness (QED) is 0.478. The maximum Gasteiger partial charge on any atom is 0.257 e. The van der Waals surface area contributed by atoms with Crippen LogP contribution in [0.5, 0.6) is 0 Å². The van der Waals surface area contributed by atoms with E-state index in [1.54, 1.807) is 6.92 Å². The lowest BCUT2D eigenvalue weighted by molar-refractivity contribution is -0.913. The molecule has 0 saturated carbocycles. The highest BCUT2D eigenvalue weighted by Gasteiger charge is 2.29. The second-order valence-corrected chi connectivity index (χ2v) is 9.77. The number of anilines is 1. The van der Waals surface area contributed by atoms with E-state index in [1.165, 1.54) is 12.1 Å². The number of quaternary nitrogens is 1. The van der Waals surface area contributed by atoms with Crippen molar-refractivity contribution in [1.82, 2.24) is 4.90 Å². The fourth-order valence-electron chi connectivity index (χ4n) is 2.89. The summed E-state index contributed by atoms with van der Waals surface area (Å²) in [5.74, 6) is -0.129. The van der Waals surface area contributed by atoms with Crippen LogP contribution < -0.4 is 16.9 Å². The Kier molecular flexibility index (Phi) is 8.48. The van der Waals surface area contributed by atoms with Crippen molar-refractivity contribution >= 4 is 38.9 Å². The van der Waals surface area contributed by atoms with Gasteiger partial charge in [-0.15, -0.1) is 4.47 Å². The summed E-state index contributed by atoms with van der Waals surface area (Å²) in [6, 6.07) is 2.79. The van der Waals surface area contributed by atoms with Gasteiger partial charge in [-0.1, -0.05) is 23.2 Å². The van der Waals surface area contributed by atoms with Crippen LogP contribution in [-0.2, 0) is 10.0 Å². The number of halogens is 3. The predicted octanol–water partition coefficient (Wildman–Crippen LogP) is -0.387. The molecule has 1 aromatic carbocycles. The van der Waals surface area contributed by atoms with Crippen molar-refractivity contribution < 1.29 is 30.5 Å². The van der Waals surface area contributed by atoms with Gasteiger partial charge in [0.25, 0.3) is 10.0 Å². The number of benzene rings is 1. The van der Waals surface area contributed by atoms with E-state index in [-0.39, 0.29) is 28.3 Å². The van der Waals surface area contributed by atoms with Crippen molar-refractivity contribution in [3.05, 3.63) is 27.7 Å². The van der Waals surface area contributed by atoms with Crippen LogP contribution in [0.15, 0.2) is 12.1 Å². The number of nitrogens with zero attached hydrogens (tertiary/aromatic N) is 3. The van der Waals surface area contributed by atoms with Gasteiger partial charge in [0.2, 0.25) is 0 Å². The zero-order valence-electron chi connectivity index (χ0n) is 15.3. The maximum absolute atomic E-state index is 12.4. The van der Waals surface area contributed by atoms with Crippen LogP contribution in [0.25, 0.3) is 0 Å². The number of rotatable bonds is 6.